The average Bonchev–Trinajstić information content (AvgIpc) is 2.46. The van der Waals surface area contributed by atoms with Crippen LogP contribution in [0.3, 0.4) is 0 Å². The van der Waals surface area contributed by atoms with Crippen LogP contribution in [-0.2, 0) is 6.54 Å². The molecule has 2 aromatic carbocycles. The number of hydrogen-bond donors (Lipinski definition) is 2. The molecule has 0 saturated heterocycles. The van der Waals surface area contributed by atoms with Gasteiger partial charge in [-0.2, -0.15) is 0 Å². The van der Waals surface area contributed by atoms with Crippen molar-refractivity contribution in [3.63, 3.8) is 0 Å². The Morgan fingerprint density at radius 3 is 2.32 bits per heavy atom. The number of nitrogens with two attached hydrogens (primary N) is 1. The normalized spacial score (nSPS) is 11.9. The van der Waals surface area contributed by atoms with Crippen molar-refractivity contribution < 1.29 is 4.79 Å². The van der Waals surface area contributed by atoms with Gasteiger partial charge in [-0.05, 0) is 30.2 Å². The Morgan fingerprint density at radius 1 is 1.11 bits per heavy atom. The Balaban J connectivity index is 1.96. The third kappa shape index (κ3) is 3.66. The molecule has 1 amide bonds. The van der Waals surface area contributed by atoms with Crippen LogP contribution in [0.15, 0.2) is 54.6 Å². The number of carbonyl (C=O) groups is 1. The molecule has 3 nitrogen and oxygen atoms in total. The highest BCUT2D eigenvalue weighted by atomic mass is 16.1. The standard InChI is InChI=1S/C16H18N2O/c1-12(17)14-7-9-15(10-8-14)16(19)18-11-13-5-3-2-4-6-13/h2-10,12H,11,17H2,1H3,(H,18,19). The van der Waals surface area contributed by atoms with E-state index in [9.17, 15) is 4.79 Å². The van der Waals surface area contributed by atoms with Gasteiger partial charge in [0.25, 0.3) is 5.91 Å². The minimum absolute atomic E-state index is 0.0126. The summed E-state index contributed by atoms with van der Waals surface area (Å²) in [7, 11) is 0. The predicted molar refractivity (Wildman–Crippen MR) is 76.7 cm³/mol. The minimum Gasteiger partial charge on any atom is -0.348 e. The van der Waals surface area contributed by atoms with E-state index in [2.05, 4.69) is 5.32 Å². The molecule has 0 fully saturated rings. The maximum atomic E-state index is 12.0. The zero-order valence-electron chi connectivity index (χ0n) is 11.0. The molecule has 1 atom stereocenters. The van der Waals surface area contributed by atoms with E-state index in [-0.39, 0.29) is 11.9 Å². The van der Waals surface area contributed by atoms with Crippen LogP contribution in [0, 0.1) is 0 Å². The first-order valence-electron chi connectivity index (χ1n) is 6.34. The van der Waals surface area contributed by atoms with Crippen LogP contribution in [0.25, 0.3) is 0 Å². The second-order valence-corrected chi connectivity index (χ2v) is 4.58. The lowest BCUT2D eigenvalue weighted by atomic mass is 10.1. The number of carbonyl (C=O) groups excluding carboxylic acids is 1. The Bertz CT molecular complexity index is 532. The summed E-state index contributed by atoms with van der Waals surface area (Å²) in [5.41, 5.74) is 8.54. The van der Waals surface area contributed by atoms with Gasteiger partial charge < -0.3 is 11.1 Å². The second kappa shape index (κ2) is 6.16. The van der Waals surface area contributed by atoms with Crippen LogP contribution in [0.5, 0.6) is 0 Å². The fourth-order valence-electron chi connectivity index (χ4n) is 1.82. The van der Waals surface area contributed by atoms with Crippen molar-refractivity contribution in [2.24, 2.45) is 5.73 Å². The molecular weight excluding hydrogens is 236 g/mol. The Labute approximate surface area is 113 Å². The van der Waals surface area contributed by atoms with Gasteiger partial charge in [0.05, 0.1) is 0 Å². The highest BCUT2D eigenvalue weighted by Crippen LogP contribution is 2.11. The molecule has 3 N–H and O–H groups in total. The van der Waals surface area contributed by atoms with Crippen LogP contribution in [0.2, 0.25) is 0 Å². The van der Waals surface area contributed by atoms with Gasteiger partial charge >= 0.3 is 0 Å². The van der Waals surface area contributed by atoms with Crippen molar-refractivity contribution in [3.8, 4) is 0 Å². The summed E-state index contributed by atoms with van der Waals surface area (Å²) in [6.07, 6.45) is 0. The van der Waals surface area contributed by atoms with Gasteiger partial charge in [0.1, 0.15) is 0 Å². The molecule has 2 rings (SSSR count). The topological polar surface area (TPSA) is 55.1 Å². The predicted octanol–water partition coefficient (Wildman–Crippen LogP) is 2.64. The van der Waals surface area contributed by atoms with Crippen LogP contribution in [0.1, 0.15) is 34.5 Å². The van der Waals surface area contributed by atoms with Crippen molar-refractivity contribution in [2.45, 2.75) is 19.5 Å². The molecule has 0 spiro atoms. The lowest BCUT2D eigenvalue weighted by molar-refractivity contribution is 0.0951. The SMILES string of the molecule is CC(N)c1ccc(C(=O)NCc2ccccc2)cc1. The fourth-order valence-corrected chi connectivity index (χ4v) is 1.82. The summed E-state index contributed by atoms with van der Waals surface area (Å²) in [5, 5.41) is 2.89. The van der Waals surface area contributed by atoms with Crippen molar-refractivity contribution in [1.29, 1.82) is 0 Å². The highest BCUT2D eigenvalue weighted by molar-refractivity contribution is 5.94. The van der Waals surface area contributed by atoms with Crippen molar-refractivity contribution >= 4 is 5.91 Å². The molecule has 0 saturated carbocycles. The third-order valence-corrected chi connectivity index (χ3v) is 2.99. The summed E-state index contributed by atoms with van der Waals surface area (Å²) in [4.78, 5) is 12.0. The fraction of sp³-hybridized carbons (Fsp3) is 0.188. The summed E-state index contributed by atoms with van der Waals surface area (Å²) in [5.74, 6) is -0.0694. The Morgan fingerprint density at radius 2 is 1.74 bits per heavy atom. The lowest BCUT2D eigenvalue weighted by Crippen LogP contribution is -2.22. The molecule has 1 unspecified atom stereocenters. The lowest BCUT2D eigenvalue weighted by Gasteiger charge is -2.08. The van der Waals surface area contributed by atoms with E-state index in [1.807, 2.05) is 49.4 Å². The van der Waals surface area contributed by atoms with Gasteiger partial charge in [0, 0.05) is 18.2 Å². The van der Waals surface area contributed by atoms with Gasteiger partial charge in [0.2, 0.25) is 0 Å². The van der Waals surface area contributed by atoms with E-state index in [0.29, 0.717) is 12.1 Å². The van der Waals surface area contributed by atoms with E-state index in [1.54, 1.807) is 12.1 Å². The van der Waals surface area contributed by atoms with Crippen molar-refractivity contribution in [2.75, 3.05) is 0 Å². The zero-order chi connectivity index (χ0) is 13.7. The van der Waals surface area contributed by atoms with Gasteiger partial charge in [-0.3, -0.25) is 4.79 Å². The van der Waals surface area contributed by atoms with E-state index in [1.165, 1.54) is 0 Å². The summed E-state index contributed by atoms with van der Waals surface area (Å²) in [6, 6.07) is 17.2. The number of hydrogen-bond acceptors (Lipinski definition) is 2. The van der Waals surface area contributed by atoms with Crippen molar-refractivity contribution in [1.82, 2.24) is 5.32 Å². The van der Waals surface area contributed by atoms with Gasteiger partial charge in [-0.1, -0.05) is 42.5 Å². The van der Waals surface area contributed by atoms with Crippen LogP contribution >= 0.6 is 0 Å². The van der Waals surface area contributed by atoms with Gasteiger partial charge in [-0.25, -0.2) is 0 Å². The van der Waals surface area contributed by atoms with Crippen molar-refractivity contribution in [3.05, 3.63) is 71.3 Å². The largest absolute Gasteiger partial charge is 0.348 e. The highest BCUT2D eigenvalue weighted by Gasteiger charge is 2.06. The van der Waals surface area contributed by atoms with Crippen LogP contribution in [-0.4, -0.2) is 5.91 Å². The number of benzene rings is 2. The number of nitrogens with one attached hydrogen (secondary N) is 1. The molecule has 0 aliphatic carbocycles. The number of amides is 1. The maximum Gasteiger partial charge on any atom is 0.251 e. The Hall–Kier alpha value is -2.13. The molecule has 0 heterocycles. The zero-order valence-corrected chi connectivity index (χ0v) is 11.0. The first-order chi connectivity index (χ1) is 9.16. The molecule has 2 aromatic rings. The molecular formula is C16H18N2O. The first-order valence-corrected chi connectivity index (χ1v) is 6.34. The molecule has 19 heavy (non-hydrogen) atoms. The number of rotatable bonds is 4. The molecule has 0 aliphatic rings. The smallest absolute Gasteiger partial charge is 0.251 e. The van der Waals surface area contributed by atoms with Crippen LogP contribution < -0.4 is 11.1 Å². The third-order valence-electron chi connectivity index (χ3n) is 2.99. The van der Waals surface area contributed by atoms with E-state index in [4.69, 9.17) is 5.73 Å². The average molecular weight is 254 g/mol. The van der Waals surface area contributed by atoms with E-state index >= 15 is 0 Å². The minimum atomic E-state index is -0.0694. The monoisotopic (exact) mass is 254 g/mol. The molecule has 0 aromatic heterocycles. The molecule has 0 bridgehead atoms. The van der Waals surface area contributed by atoms with Crippen LogP contribution in [0.4, 0.5) is 0 Å². The second-order valence-electron chi connectivity index (χ2n) is 4.58. The quantitative estimate of drug-likeness (QED) is 0.881. The molecule has 98 valence electrons. The maximum absolute atomic E-state index is 12.0. The van der Waals surface area contributed by atoms with Gasteiger partial charge in [0.15, 0.2) is 0 Å². The van der Waals surface area contributed by atoms with Gasteiger partial charge in [-0.15, -0.1) is 0 Å². The molecule has 0 radical (unpaired) electrons. The van der Waals surface area contributed by atoms with E-state index in [0.717, 1.165) is 11.1 Å². The summed E-state index contributed by atoms with van der Waals surface area (Å²) in [6.45, 7) is 2.46. The summed E-state index contributed by atoms with van der Waals surface area (Å²) < 4.78 is 0. The Kier molecular flexibility index (Phi) is 4.31. The van der Waals surface area contributed by atoms with E-state index < -0.39 is 0 Å². The molecule has 0 aliphatic heterocycles. The summed E-state index contributed by atoms with van der Waals surface area (Å²) >= 11 is 0. The molecule has 3 heteroatoms. The first kappa shape index (κ1) is 13.3.